The predicted octanol–water partition coefficient (Wildman–Crippen LogP) is 0.502. The third-order valence-corrected chi connectivity index (χ3v) is 3.73. The van der Waals surface area contributed by atoms with Crippen molar-refractivity contribution in [3.63, 3.8) is 0 Å². The smallest absolute Gasteiger partial charge is 0.234 e. The number of piperazine rings is 1. The largest absolute Gasteiger partial charge is 0.394 e. The van der Waals surface area contributed by atoms with Crippen LogP contribution in [0.1, 0.15) is 38.5 Å². The van der Waals surface area contributed by atoms with Crippen LogP contribution < -0.4 is 5.32 Å². The highest BCUT2D eigenvalue weighted by molar-refractivity contribution is 5.79. The van der Waals surface area contributed by atoms with E-state index in [0.717, 1.165) is 6.54 Å². The number of hydrogen-bond acceptors (Lipinski definition) is 3. The van der Waals surface area contributed by atoms with Gasteiger partial charge in [-0.2, -0.15) is 0 Å². The first-order valence-electron chi connectivity index (χ1n) is 6.44. The minimum Gasteiger partial charge on any atom is -0.394 e. The first-order chi connectivity index (χ1) is 7.79. The van der Waals surface area contributed by atoms with Crippen molar-refractivity contribution in [2.75, 3.05) is 19.7 Å². The summed E-state index contributed by atoms with van der Waals surface area (Å²) in [4.78, 5) is 13.8. The Balaban J connectivity index is 1.93. The van der Waals surface area contributed by atoms with E-state index in [1.165, 1.54) is 38.5 Å². The number of aliphatic hydroxyl groups is 1. The lowest BCUT2D eigenvalue weighted by molar-refractivity contribution is -0.127. The molecular formula is C12H22N2O2. The summed E-state index contributed by atoms with van der Waals surface area (Å²) in [6, 6.07) is 0.493. The van der Waals surface area contributed by atoms with Crippen LogP contribution in [-0.4, -0.2) is 47.7 Å². The van der Waals surface area contributed by atoms with E-state index < -0.39 is 0 Å². The summed E-state index contributed by atoms with van der Waals surface area (Å²) in [5, 5.41) is 12.0. The molecule has 1 amide bonds. The SMILES string of the molecule is O=C1CN(C2CCCCCC2)CC(CO)N1. The molecule has 0 aromatic heterocycles. The molecule has 1 aliphatic heterocycles. The van der Waals surface area contributed by atoms with Crippen LogP contribution in [0.15, 0.2) is 0 Å². The summed E-state index contributed by atoms with van der Waals surface area (Å²) >= 11 is 0. The standard InChI is InChI=1S/C12H22N2O2/c15-9-10-7-14(8-12(16)13-10)11-5-3-1-2-4-6-11/h10-11,15H,1-9H2,(H,13,16). The van der Waals surface area contributed by atoms with Gasteiger partial charge in [0.15, 0.2) is 0 Å². The molecule has 2 N–H and O–H groups in total. The number of nitrogens with zero attached hydrogens (tertiary/aromatic N) is 1. The fourth-order valence-electron chi connectivity index (χ4n) is 2.86. The summed E-state index contributed by atoms with van der Waals surface area (Å²) in [5.41, 5.74) is 0. The van der Waals surface area contributed by atoms with Gasteiger partial charge in [0.25, 0.3) is 0 Å². The molecule has 0 bridgehead atoms. The molecule has 2 rings (SSSR count). The highest BCUT2D eigenvalue weighted by Gasteiger charge is 2.29. The maximum absolute atomic E-state index is 11.5. The third kappa shape index (κ3) is 2.95. The monoisotopic (exact) mass is 226 g/mol. The Kier molecular flexibility index (Phi) is 4.18. The van der Waals surface area contributed by atoms with Crippen molar-refractivity contribution in [1.29, 1.82) is 0 Å². The van der Waals surface area contributed by atoms with Crippen LogP contribution in [0.5, 0.6) is 0 Å². The Hall–Kier alpha value is -0.610. The number of hydrogen-bond donors (Lipinski definition) is 2. The molecular weight excluding hydrogens is 204 g/mol. The average molecular weight is 226 g/mol. The Morgan fingerprint density at radius 3 is 2.56 bits per heavy atom. The Labute approximate surface area is 97.0 Å². The molecule has 1 atom stereocenters. The van der Waals surface area contributed by atoms with Gasteiger partial charge in [-0.3, -0.25) is 9.69 Å². The lowest BCUT2D eigenvalue weighted by atomic mass is 10.0. The van der Waals surface area contributed by atoms with Crippen molar-refractivity contribution in [3.05, 3.63) is 0 Å². The summed E-state index contributed by atoms with van der Waals surface area (Å²) < 4.78 is 0. The molecule has 1 unspecified atom stereocenters. The molecule has 16 heavy (non-hydrogen) atoms. The van der Waals surface area contributed by atoms with Crippen molar-refractivity contribution in [3.8, 4) is 0 Å². The lowest BCUT2D eigenvalue weighted by Gasteiger charge is -2.37. The van der Waals surface area contributed by atoms with Gasteiger partial charge in [0.05, 0.1) is 19.2 Å². The highest BCUT2D eigenvalue weighted by atomic mass is 16.3. The van der Waals surface area contributed by atoms with Crippen LogP contribution >= 0.6 is 0 Å². The zero-order valence-corrected chi connectivity index (χ0v) is 9.82. The molecule has 1 saturated carbocycles. The summed E-state index contributed by atoms with van der Waals surface area (Å²) in [7, 11) is 0. The van der Waals surface area contributed by atoms with Crippen molar-refractivity contribution < 1.29 is 9.90 Å². The van der Waals surface area contributed by atoms with E-state index in [0.29, 0.717) is 12.6 Å². The molecule has 2 aliphatic rings. The topological polar surface area (TPSA) is 52.6 Å². The van der Waals surface area contributed by atoms with Crippen molar-refractivity contribution in [2.24, 2.45) is 0 Å². The maximum atomic E-state index is 11.5. The number of nitrogens with one attached hydrogen (secondary N) is 1. The van der Waals surface area contributed by atoms with Crippen LogP contribution in [0.2, 0.25) is 0 Å². The quantitative estimate of drug-likeness (QED) is 0.674. The maximum Gasteiger partial charge on any atom is 0.234 e. The van der Waals surface area contributed by atoms with Crippen LogP contribution in [0.25, 0.3) is 0 Å². The van der Waals surface area contributed by atoms with E-state index in [2.05, 4.69) is 10.2 Å². The second-order valence-electron chi connectivity index (χ2n) is 5.02. The van der Waals surface area contributed by atoms with Gasteiger partial charge in [-0.15, -0.1) is 0 Å². The van der Waals surface area contributed by atoms with Crippen molar-refractivity contribution in [1.82, 2.24) is 10.2 Å². The fourth-order valence-corrected chi connectivity index (χ4v) is 2.86. The Morgan fingerprint density at radius 1 is 1.25 bits per heavy atom. The fraction of sp³-hybridized carbons (Fsp3) is 0.917. The molecule has 0 aromatic rings. The number of carbonyl (C=O) groups is 1. The lowest BCUT2D eigenvalue weighted by Crippen LogP contribution is -2.58. The molecule has 1 heterocycles. The Morgan fingerprint density at radius 2 is 1.94 bits per heavy atom. The average Bonchev–Trinajstić information content (AvgIpc) is 2.56. The van der Waals surface area contributed by atoms with Gasteiger partial charge in [-0.05, 0) is 12.8 Å². The minimum absolute atomic E-state index is 0.0506. The van der Waals surface area contributed by atoms with Gasteiger partial charge in [-0.25, -0.2) is 0 Å². The zero-order chi connectivity index (χ0) is 11.4. The van der Waals surface area contributed by atoms with E-state index in [4.69, 9.17) is 5.11 Å². The molecule has 2 fully saturated rings. The highest BCUT2D eigenvalue weighted by Crippen LogP contribution is 2.22. The van der Waals surface area contributed by atoms with Crippen LogP contribution in [0, 0.1) is 0 Å². The van der Waals surface area contributed by atoms with Crippen LogP contribution in [0.3, 0.4) is 0 Å². The molecule has 1 saturated heterocycles. The normalized spacial score (nSPS) is 29.8. The number of carbonyl (C=O) groups excluding carboxylic acids is 1. The summed E-state index contributed by atoms with van der Waals surface area (Å²) in [6.07, 6.45) is 7.66. The van der Waals surface area contributed by atoms with E-state index in [-0.39, 0.29) is 18.6 Å². The van der Waals surface area contributed by atoms with E-state index >= 15 is 0 Å². The van der Waals surface area contributed by atoms with Gasteiger partial charge in [0.1, 0.15) is 0 Å². The van der Waals surface area contributed by atoms with Crippen molar-refractivity contribution >= 4 is 5.91 Å². The molecule has 92 valence electrons. The number of amides is 1. The van der Waals surface area contributed by atoms with Crippen LogP contribution in [0.4, 0.5) is 0 Å². The van der Waals surface area contributed by atoms with Crippen LogP contribution in [-0.2, 0) is 4.79 Å². The number of aliphatic hydroxyl groups excluding tert-OH is 1. The van der Waals surface area contributed by atoms with E-state index in [1.54, 1.807) is 0 Å². The third-order valence-electron chi connectivity index (χ3n) is 3.73. The Bertz CT molecular complexity index is 237. The van der Waals surface area contributed by atoms with Gasteiger partial charge in [0.2, 0.25) is 5.91 Å². The van der Waals surface area contributed by atoms with E-state index in [1.807, 2.05) is 0 Å². The van der Waals surface area contributed by atoms with Gasteiger partial charge < -0.3 is 10.4 Å². The van der Waals surface area contributed by atoms with Gasteiger partial charge in [-0.1, -0.05) is 25.7 Å². The first kappa shape index (κ1) is 11.9. The second kappa shape index (κ2) is 5.64. The summed E-state index contributed by atoms with van der Waals surface area (Å²) in [6.45, 7) is 1.38. The predicted molar refractivity (Wildman–Crippen MR) is 62.1 cm³/mol. The van der Waals surface area contributed by atoms with Gasteiger partial charge >= 0.3 is 0 Å². The first-order valence-corrected chi connectivity index (χ1v) is 6.44. The molecule has 4 nitrogen and oxygen atoms in total. The molecule has 0 spiro atoms. The molecule has 0 radical (unpaired) electrons. The van der Waals surface area contributed by atoms with E-state index in [9.17, 15) is 4.79 Å². The molecule has 0 aromatic carbocycles. The second-order valence-corrected chi connectivity index (χ2v) is 5.02. The summed E-state index contributed by atoms with van der Waals surface area (Å²) in [5.74, 6) is 0.0644. The van der Waals surface area contributed by atoms with Crippen molar-refractivity contribution in [2.45, 2.75) is 50.6 Å². The minimum atomic E-state index is -0.0653. The number of rotatable bonds is 2. The zero-order valence-electron chi connectivity index (χ0n) is 9.82. The molecule has 4 heteroatoms. The molecule has 1 aliphatic carbocycles. The van der Waals surface area contributed by atoms with Gasteiger partial charge in [0, 0.05) is 12.6 Å².